The van der Waals surface area contributed by atoms with E-state index in [9.17, 15) is 4.79 Å². The number of hydrogen-bond donors (Lipinski definition) is 2. The topological polar surface area (TPSA) is 62.7 Å². The summed E-state index contributed by atoms with van der Waals surface area (Å²) in [5.41, 5.74) is 1.43. The van der Waals surface area contributed by atoms with Gasteiger partial charge in [0.25, 0.3) is 5.91 Å². The van der Waals surface area contributed by atoms with Crippen molar-refractivity contribution in [1.82, 2.24) is 19.9 Å². The van der Waals surface area contributed by atoms with E-state index in [0.717, 1.165) is 12.2 Å². The van der Waals surface area contributed by atoms with Gasteiger partial charge < -0.3 is 14.9 Å². The molecule has 0 saturated heterocycles. The molecule has 1 amide bonds. The average molecular weight is 253 g/mol. The Morgan fingerprint density at radius 1 is 1.65 bits per heavy atom. The predicted molar refractivity (Wildman–Crippen MR) is 64.9 cm³/mol. The van der Waals surface area contributed by atoms with E-state index in [1.165, 1.54) is 0 Å². The first-order chi connectivity index (χ1) is 8.20. The van der Waals surface area contributed by atoms with E-state index in [1.54, 1.807) is 24.8 Å². The van der Waals surface area contributed by atoms with E-state index < -0.39 is 0 Å². The fourth-order valence-electron chi connectivity index (χ4n) is 1.55. The van der Waals surface area contributed by atoms with Gasteiger partial charge in [0.2, 0.25) is 0 Å². The lowest BCUT2D eigenvalue weighted by Crippen LogP contribution is -2.24. The second-order valence-corrected chi connectivity index (χ2v) is 4.02. The van der Waals surface area contributed by atoms with Crippen LogP contribution in [0, 0.1) is 0 Å². The van der Waals surface area contributed by atoms with Gasteiger partial charge in [-0.2, -0.15) is 0 Å². The van der Waals surface area contributed by atoms with Crippen LogP contribution in [-0.4, -0.2) is 20.4 Å². The first kappa shape index (κ1) is 11.7. The summed E-state index contributed by atoms with van der Waals surface area (Å²) in [6.07, 6.45) is 5.06. The summed E-state index contributed by atoms with van der Waals surface area (Å²) in [6, 6.07) is 1.59. The van der Waals surface area contributed by atoms with Crippen molar-refractivity contribution in [2.75, 3.05) is 0 Å². The van der Waals surface area contributed by atoms with Crippen LogP contribution in [0.15, 0.2) is 24.8 Å². The molecule has 2 N–H and O–H groups in total. The number of halogens is 1. The molecule has 0 aromatic carbocycles. The summed E-state index contributed by atoms with van der Waals surface area (Å²) in [4.78, 5) is 18.6. The molecule has 0 radical (unpaired) electrons. The van der Waals surface area contributed by atoms with Gasteiger partial charge >= 0.3 is 0 Å². The maximum Gasteiger partial charge on any atom is 0.268 e. The van der Waals surface area contributed by atoms with E-state index in [1.807, 2.05) is 11.5 Å². The highest BCUT2D eigenvalue weighted by Gasteiger charge is 2.08. The lowest BCUT2D eigenvalue weighted by Gasteiger charge is -2.06. The molecule has 0 aliphatic heterocycles. The Kier molecular flexibility index (Phi) is 3.49. The maximum atomic E-state index is 11.7. The molecule has 2 aromatic heterocycles. The molecule has 0 spiro atoms. The van der Waals surface area contributed by atoms with Gasteiger partial charge in [-0.05, 0) is 13.0 Å². The molecular weight excluding hydrogens is 240 g/mol. The molecule has 17 heavy (non-hydrogen) atoms. The van der Waals surface area contributed by atoms with E-state index in [0.29, 0.717) is 17.3 Å². The Labute approximate surface area is 104 Å². The van der Waals surface area contributed by atoms with E-state index >= 15 is 0 Å². The molecule has 2 rings (SSSR count). The van der Waals surface area contributed by atoms with Crippen LogP contribution in [0.4, 0.5) is 0 Å². The van der Waals surface area contributed by atoms with Crippen LogP contribution in [0.25, 0.3) is 0 Å². The highest BCUT2D eigenvalue weighted by molar-refractivity contribution is 6.30. The predicted octanol–water partition coefficient (Wildman–Crippen LogP) is 1.81. The summed E-state index contributed by atoms with van der Waals surface area (Å²) in [7, 11) is 0. The van der Waals surface area contributed by atoms with Crippen LogP contribution in [0.1, 0.15) is 23.1 Å². The van der Waals surface area contributed by atoms with Crippen LogP contribution in [0.3, 0.4) is 0 Å². The fraction of sp³-hybridized carbons (Fsp3) is 0.273. The van der Waals surface area contributed by atoms with Crippen LogP contribution in [0.2, 0.25) is 5.02 Å². The normalized spacial score (nSPS) is 10.5. The minimum atomic E-state index is -0.180. The zero-order valence-electron chi connectivity index (χ0n) is 9.40. The third-order valence-electron chi connectivity index (χ3n) is 2.46. The Morgan fingerprint density at radius 3 is 3.12 bits per heavy atom. The summed E-state index contributed by atoms with van der Waals surface area (Å²) in [6.45, 7) is 3.31. The van der Waals surface area contributed by atoms with Crippen LogP contribution in [-0.2, 0) is 13.1 Å². The number of aryl methyl sites for hydroxylation is 1. The van der Waals surface area contributed by atoms with Crippen molar-refractivity contribution in [3.63, 3.8) is 0 Å². The molecule has 0 bridgehead atoms. The van der Waals surface area contributed by atoms with Gasteiger partial charge in [-0.15, -0.1) is 0 Å². The van der Waals surface area contributed by atoms with E-state index in [2.05, 4.69) is 15.3 Å². The lowest BCUT2D eigenvalue weighted by atomic mass is 10.4. The highest BCUT2D eigenvalue weighted by Crippen LogP contribution is 2.09. The molecule has 2 aromatic rings. The number of aromatic nitrogens is 3. The standard InChI is InChI=1S/C11H13ClN4O/c1-2-16-7-13-5-9(16)6-15-11(17)10-3-8(12)4-14-10/h3-5,7,14H,2,6H2,1H3,(H,15,17). The van der Waals surface area contributed by atoms with Gasteiger partial charge in [0.1, 0.15) is 5.69 Å². The van der Waals surface area contributed by atoms with Crippen molar-refractivity contribution in [2.24, 2.45) is 0 Å². The summed E-state index contributed by atoms with van der Waals surface area (Å²) in [5, 5.41) is 3.32. The molecule has 0 aliphatic carbocycles. The first-order valence-corrected chi connectivity index (χ1v) is 5.69. The average Bonchev–Trinajstić information content (AvgIpc) is 2.94. The highest BCUT2D eigenvalue weighted by atomic mass is 35.5. The van der Waals surface area contributed by atoms with Gasteiger partial charge in [0, 0.05) is 18.9 Å². The third kappa shape index (κ3) is 2.68. The quantitative estimate of drug-likeness (QED) is 0.872. The maximum absolute atomic E-state index is 11.7. The second kappa shape index (κ2) is 5.05. The number of hydrogen-bond acceptors (Lipinski definition) is 2. The van der Waals surface area contributed by atoms with Gasteiger partial charge in [0.05, 0.1) is 23.6 Å². The second-order valence-electron chi connectivity index (χ2n) is 3.59. The molecule has 2 heterocycles. The fourth-order valence-corrected chi connectivity index (χ4v) is 1.71. The number of imidazole rings is 1. The van der Waals surface area contributed by atoms with E-state index in [4.69, 9.17) is 11.6 Å². The number of nitrogens with zero attached hydrogens (tertiary/aromatic N) is 2. The molecule has 90 valence electrons. The van der Waals surface area contributed by atoms with Crippen molar-refractivity contribution in [3.05, 3.63) is 41.2 Å². The molecule has 0 aliphatic rings. The Morgan fingerprint density at radius 2 is 2.47 bits per heavy atom. The summed E-state index contributed by atoms with van der Waals surface area (Å²) >= 11 is 5.73. The molecule has 0 saturated carbocycles. The Balaban J connectivity index is 1.97. The summed E-state index contributed by atoms with van der Waals surface area (Å²) in [5.74, 6) is -0.180. The molecule has 5 nitrogen and oxygen atoms in total. The van der Waals surface area contributed by atoms with Crippen molar-refractivity contribution in [1.29, 1.82) is 0 Å². The zero-order chi connectivity index (χ0) is 12.3. The third-order valence-corrected chi connectivity index (χ3v) is 2.68. The number of rotatable bonds is 4. The van der Waals surface area contributed by atoms with Crippen molar-refractivity contribution in [2.45, 2.75) is 20.0 Å². The van der Waals surface area contributed by atoms with Gasteiger partial charge in [-0.3, -0.25) is 4.79 Å². The lowest BCUT2D eigenvalue weighted by molar-refractivity contribution is 0.0945. The number of carbonyl (C=O) groups excluding carboxylic acids is 1. The Hall–Kier alpha value is -1.75. The largest absolute Gasteiger partial charge is 0.356 e. The van der Waals surface area contributed by atoms with Crippen molar-refractivity contribution in [3.8, 4) is 0 Å². The van der Waals surface area contributed by atoms with Crippen LogP contribution in [0.5, 0.6) is 0 Å². The number of amides is 1. The molecule has 0 atom stereocenters. The first-order valence-electron chi connectivity index (χ1n) is 5.32. The Bertz CT molecular complexity index is 517. The monoisotopic (exact) mass is 252 g/mol. The number of aromatic amines is 1. The van der Waals surface area contributed by atoms with E-state index in [-0.39, 0.29) is 5.91 Å². The van der Waals surface area contributed by atoms with Gasteiger partial charge in [-0.1, -0.05) is 11.6 Å². The van der Waals surface area contributed by atoms with Crippen molar-refractivity contribution >= 4 is 17.5 Å². The van der Waals surface area contributed by atoms with Gasteiger partial charge in [-0.25, -0.2) is 4.98 Å². The molecule has 0 fully saturated rings. The van der Waals surface area contributed by atoms with Gasteiger partial charge in [0.15, 0.2) is 0 Å². The summed E-state index contributed by atoms with van der Waals surface area (Å²) < 4.78 is 1.97. The number of nitrogens with one attached hydrogen (secondary N) is 2. The minimum Gasteiger partial charge on any atom is -0.356 e. The molecule has 0 unspecified atom stereocenters. The smallest absolute Gasteiger partial charge is 0.268 e. The molecule has 6 heteroatoms. The number of H-pyrrole nitrogens is 1. The SMILES string of the molecule is CCn1cncc1CNC(=O)c1cc(Cl)c[nH]1. The minimum absolute atomic E-state index is 0.180. The van der Waals surface area contributed by atoms with Crippen LogP contribution < -0.4 is 5.32 Å². The molecular formula is C11H13ClN4O. The number of carbonyl (C=O) groups is 1. The van der Waals surface area contributed by atoms with Crippen molar-refractivity contribution < 1.29 is 4.79 Å². The van der Waals surface area contributed by atoms with Crippen LogP contribution >= 0.6 is 11.6 Å². The zero-order valence-corrected chi connectivity index (χ0v) is 10.2.